The molecule has 0 saturated carbocycles. The first-order valence-electron chi connectivity index (χ1n) is 6.68. The van der Waals surface area contributed by atoms with Gasteiger partial charge >= 0.3 is 0 Å². The summed E-state index contributed by atoms with van der Waals surface area (Å²) in [4.78, 5) is 2.44. The predicted octanol–water partition coefficient (Wildman–Crippen LogP) is 3.66. The second kappa shape index (κ2) is 8.44. The summed E-state index contributed by atoms with van der Waals surface area (Å²) in [5.41, 5.74) is 3.80. The van der Waals surface area contributed by atoms with Gasteiger partial charge in [-0.05, 0) is 49.0 Å². The van der Waals surface area contributed by atoms with Gasteiger partial charge in [-0.25, -0.2) is 0 Å². The van der Waals surface area contributed by atoms with Crippen molar-refractivity contribution in [1.82, 2.24) is 10.7 Å². The quantitative estimate of drug-likeness (QED) is 0.501. The smallest absolute Gasteiger partial charge is 0.186 e. The fourth-order valence-corrected chi connectivity index (χ4v) is 2.65. The maximum atomic E-state index is 5.02. The normalized spacial score (nSPS) is 10.5. The van der Waals surface area contributed by atoms with Crippen LogP contribution in [0.4, 0.5) is 0 Å². The summed E-state index contributed by atoms with van der Waals surface area (Å²) in [6.45, 7) is 2.77. The molecule has 0 aromatic heterocycles. The van der Waals surface area contributed by atoms with Crippen molar-refractivity contribution < 1.29 is 0 Å². The van der Waals surface area contributed by atoms with Gasteiger partial charge in [0.25, 0.3) is 0 Å². The van der Waals surface area contributed by atoms with E-state index >= 15 is 0 Å². The topological polar surface area (TPSA) is 36.4 Å². The van der Waals surface area contributed by atoms with Gasteiger partial charge in [-0.2, -0.15) is 5.10 Å². The predicted molar refractivity (Wildman–Crippen MR) is 94.0 cm³/mol. The summed E-state index contributed by atoms with van der Waals surface area (Å²) in [6.07, 6.45) is 1.75. The summed E-state index contributed by atoms with van der Waals surface area (Å²) < 4.78 is 0. The molecule has 2 aromatic carbocycles. The van der Waals surface area contributed by atoms with Gasteiger partial charge in [0.05, 0.1) is 6.21 Å². The largest absolute Gasteiger partial charge is 0.362 e. The van der Waals surface area contributed by atoms with E-state index in [1.54, 1.807) is 18.0 Å². The minimum absolute atomic E-state index is 0.532. The Labute approximate surface area is 134 Å². The summed E-state index contributed by atoms with van der Waals surface area (Å²) in [5, 5.41) is 7.59. The Morgan fingerprint density at radius 1 is 1.10 bits per heavy atom. The zero-order chi connectivity index (χ0) is 14.9. The van der Waals surface area contributed by atoms with E-state index in [0.717, 1.165) is 12.1 Å². The van der Waals surface area contributed by atoms with Crippen molar-refractivity contribution in [2.24, 2.45) is 5.10 Å². The van der Waals surface area contributed by atoms with Crippen LogP contribution >= 0.6 is 24.0 Å². The van der Waals surface area contributed by atoms with Crippen LogP contribution in [0, 0.1) is 0 Å². The highest BCUT2D eigenvalue weighted by atomic mass is 32.2. The Hall–Kier alpha value is -1.85. The highest BCUT2D eigenvalue weighted by molar-refractivity contribution is 7.99. The van der Waals surface area contributed by atoms with E-state index in [2.05, 4.69) is 40.1 Å². The van der Waals surface area contributed by atoms with Crippen molar-refractivity contribution in [3.63, 3.8) is 0 Å². The molecule has 0 saturated heterocycles. The van der Waals surface area contributed by atoms with E-state index in [1.165, 1.54) is 9.79 Å². The Balaban J connectivity index is 1.90. The molecule has 2 aromatic rings. The fourth-order valence-electron chi connectivity index (χ4n) is 1.61. The maximum Gasteiger partial charge on any atom is 0.186 e. The molecule has 3 nitrogen and oxygen atoms in total. The Kier molecular flexibility index (Phi) is 6.24. The van der Waals surface area contributed by atoms with Crippen LogP contribution in [-0.2, 0) is 0 Å². The first-order valence-corrected chi connectivity index (χ1v) is 7.90. The van der Waals surface area contributed by atoms with Crippen LogP contribution in [0.1, 0.15) is 12.5 Å². The molecule has 0 bridgehead atoms. The van der Waals surface area contributed by atoms with Crippen molar-refractivity contribution in [2.45, 2.75) is 16.7 Å². The summed E-state index contributed by atoms with van der Waals surface area (Å²) in [5.74, 6) is 0. The lowest BCUT2D eigenvalue weighted by Crippen LogP contribution is -2.31. The van der Waals surface area contributed by atoms with E-state index in [0.29, 0.717) is 5.11 Å². The van der Waals surface area contributed by atoms with Crippen molar-refractivity contribution in [3.05, 3.63) is 60.2 Å². The van der Waals surface area contributed by atoms with E-state index in [-0.39, 0.29) is 0 Å². The van der Waals surface area contributed by atoms with Crippen molar-refractivity contribution in [2.75, 3.05) is 6.54 Å². The Morgan fingerprint density at radius 3 is 2.43 bits per heavy atom. The lowest BCUT2D eigenvalue weighted by atomic mass is 10.2. The number of hydrogen-bond donors (Lipinski definition) is 2. The average Bonchev–Trinajstić information content (AvgIpc) is 2.50. The van der Waals surface area contributed by atoms with Crippen molar-refractivity contribution in [1.29, 1.82) is 0 Å². The number of nitrogens with one attached hydrogen (secondary N) is 2. The van der Waals surface area contributed by atoms with Gasteiger partial charge < -0.3 is 5.32 Å². The lowest BCUT2D eigenvalue weighted by molar-refractivity contribution is 0.904. The molecule has 0 unspecified atom stereocenters. The minimum Gasteiger partial charge on any atom is -0.362 e. The Morgan fingerprint density at radius 2 is 1.76 bits per heavy atom. The van der Waals surface area contributed by atoms with E-state index in [9.17, 15) is 0 Å². The molecular formula is C16H17N3S2. The summed E-state index contributed by atoms with van der Waals surface area (Å²) in [7, 11) is 0. The molecule has 108 valence electrons. The molecule has 0 fully saturated rings. The molecule has 0 amide bonds. The van der Waals surface area contributed by atoms with E-state index in [4.69, 9.17) is 12.2 Å². The summed E-state index contributed by atoms with van der Waals surface area (Å²) in [6, 6.07) is 18.6. The van der Waals surface area contributed by atoms with Crippen molar-refractivity contribution in [3.8, 4) is 0 Å². The first-order chi connectivity index (χ1) is 10.3. The van der Waals surface area contributed by atoms with Crippen LogP contribution in [0.2, 0.25) is 0 Å². The molecule has 2 N–H and O–H groups in total. The monoisotopic (exact) mass is 315 g/mol. The van der Waals surface area contributed by atoms with Gasteiger partial charge in [0.1, 0.15) is 0 Å². The number of benzene rings is 2. The molecule has 0 aliphatic carbocycles. The average molecular weight is 315 g/mol. The molecule has 0 aliphatic heterocycles. The minimum atomic E-state index is 0.532. The van der Waals surface area contributed by atoms with Crippen LogP contribution in [0.5, 0.6) is 0 Å². The SMILES string of the molecule is CCNC(=S)N/N=C\c1ccc(Sc2ccccc2)cc1. The molecule has 0 heterocycles. The van der Waals surface area contributed by atoms with Crippen LogP contribution in [0.25, 0.3) is 0 Å². The third-order valence-electron chi connectivity index (χ3n) is 2.58. The molecule has 21 heavy (non-hydrogen) atoms. The van der Waals surface area contributed by atoms with E-state index in [1.807, 2.05) is 37.3 Å². The van der Waals surface area contributed by atoms with Gasteiger partial charge in [-0.3, -0.25) is 5.43 Å². The standard InChI is InChI=1S/C16H17N3S2/c1-2-17-16(20)19-18-12-13-8-10-15(11-9-13)21-14-6-4-3-5-7-14/h3-12H,2H2,1H3,(H2,17,19,20)/b18-12-. The molecular weight excluding hydrogens is 298 g/mol. The van der Waals surface area contributed by atoms with Gasteiger partial charge in [-0.15, -0.1) is 0 Å². The number of thiocarbonyl (C=S) groups is 1. The van der Waals surface area contributed by atoms with E-state index < -0.39 is 0 Å². The van der Waals surface area contributed by atoms with Gasteiger partial charge in [0, 0.05) is 16.3 Å². The second-order valence-corrected chi connectivity index (χ2v) is 5.77. The van der Waals surface area contributed by atoms with Gasteiger partial charge in [0.15, 0.2) is 5.11 Å². The molecule has 2 rings (SSSR count). The second-order valence-electron chi connectivity index (χ2n) is 4.21. The Bertz CT molecular complexity index is 595. The zero-order valence-corrected chi connectivity index (χ0v) is 13.4. The summed E-state index contributed by atoms with van der Waals surface area (Å²) >= 11 is 6.76. The highest BCUT2D eigenvalue weighted by Gasteiger charge is 1.96. The van der Waals surface area contributed by atoms with Crippen LogP contribution in [0.3, 0.4) is 0 Å². The highest BCUT2D eigenvalue weighted by Crippen LogP contribution is 2.26. The zero-order valence-electron chi connectivity index (χ0n) is 11.7. The lowest BCUT2D eigenvalue weighted by Gasteiger charge is -2.03. The molecule has 0 radical (unpaired) electrons. The molecule has 0 atom stereocenters. The first kappa shape index (κ1) is 15.5. The number of hydrazone groups is 1. The van der Waals surface area contributed by atoms with Crippen molar-refractivity contribution >= 4 is 35.3 Å². The maximum absolute atomic E-state index is 5.02. The van der Waals surface area contributed by atoms with Crippen LogP contribution < -0.4 is 10.7 Å². The molecule has 5 heteroatoms. The third-order valence-corrected chi connectivity index (χ3v) is 3.83. The molecule has 0 aliphatic rings. The fraction of sp³-hybridized carbons (Fsp3) is 0.125. The number of hydrogen-bond acceptors (Lipinski definition) is 3. The molecule has 0 spiro atoms. The van der Waals surface area contributed by atoms with Gasteiger partial charge in [-0.1, -0.05) is 42.1 Å². The van der Waals surface area contributed by atoms with Crippen LogP contribution in [0.15, 0.2) is 69.5 Å². The van der Waals surface area contributed by atoms with Crippen LogP contribution in [-0.4, -0.2) is 17.9 Å². The number of nitrogens with zero attached hydrogens (tertiary/aromatic N) is 1. The van der Waals surface area contributed by atoms with Gasteiger partial charge in [0.2, 0.25) is 0 Å². The number of rotatable bonds is 5. The third kappa shape index (κ3) is 5.57.